The van der Waals surface area contributed by atoms with Gasteiger partial charge in [-0.1, -0.05) is 35.3 Å². The molecule has 2 saturated heterocycles. The number of piperidine rings is 1. The Bertz CT molecular complexity index is 760. The van der Waals surface area contributed by atoms with Crippen LogP contribution in [0.25, 0.3) is 6.08 Å². The standard InChI is InChI=1S/C17H16Cl2N2O3S/c18-12-6-4-5-11(15(12)19)9-13-16(23)21(17(24)25-13)10-14(22)20-7-2-1-3-8-20/h4-6,9H,1-3,7-8,10H2/b13-9-. The number of likely N-dealkylation sites (tertiary alicyclic amines) is 1. The zero-order chi connectivity index (χ0) is 18.0. The summed E-state index contributed by atoms with van der Waals surface area (Å²) in [6, 6.07) is 5.06. The summed E-state index contributed by atoms with van der Waals surface area (Å²) in [5.41, 5.74) is 0.557. The fourth-order valence-corrected chi connectivity index (χ4v) is 3.98. The summed E-state index contributed by atoms with van der Waals surface area (Å²) in [6.45, 7) is 1.15. The molecule has 0 aromatic heterocycles. The molecular formula is C17H16Cl2N2O3S. The topological polar surface area (TPSA) is 57.7 Å². The second-order valence-corrected chi connectivity index (χ2v) is 7.63. The number of thioether (sulfide) groups is 1. The van der Waals surface area contributed by atoms with Crippen molar-refractivity contribution < 1.29 is 14.4 Å². The van der Waals surface area contributed by atoms with Crippen LogP contribution in [0.4, 0.5) is 4.79 Å². The third kappa shape index (κ3) is 4.02. The quantitative estimate of drug-likeness (QED) is 0.720. The van der Waals surface area contributed by atoms with Crippen LogP contribution in [-0.4, -0.2) is 46.5 Å². The molecular weight excluding hydrogens is 383 g/mol. The fraction of sp³-hybridized carbons (Fsp3) is 0.353. The van der Waals surface area contributed by atoms with Crippen molar-refractivity contribution in [3.05, 3.63) is 38.7 Å². The highest BCUT2D eigenvalue weighted by Crippen LogP contribution is 2.35. The number of rotatable bonds is 3. The number of hydrogen-bond acceptors (Lipinski definition) is 4. The second-order valence-electron chi connectivity index (χ2n) is 5.85. The van der Waals surface area contributed by atoms with Gasteiger partial charge in [0.15, 0.2) is 0 Å². The van der Waals surface area contributed by atoms with Gasteiger partial charge in [0.1, 0.15) is 6.54 Å². The first-order valence-corrected chi connectivity index (χ1v) is 9.52. The van der Waals surface area contributed by atoms with Gasteiger partial charge in [-0.25, -0.2) is 0 Å². The van der Waals surface area contributed by atoms with Crippen molar-refractivity contribution in [2.75, 3.05) is 19.6 Å². The van der Waals surface area contributed by atoms with Gasteiger partial charge in [0.2, 0.25) is 5.91 Å². The van der Waals surface area contributed by atoms with Crippen molar-refractivity contribution in [3.8, 4) is 0 Å². The van der Waals surface area contributed by atoms with E-state index in [1.165, 1.54) is 6.08 Å². The Morgan fingerprint density at radius 2 is 1.88 bits per heavy atom. The molecule has 132 valence electrons. The molecule has 2 heterocycles. The van der Waals surface area contributed by atoms with Crippen LogP contribution in [0.2, 0.25) is 10.0 Å². The molecule has 0 bridgehead atoms. The number of hydrogen-bond donors (Lipinski definition) is 0. The summed E-state index contributed by atoms with van der Waals surface area (Å²) in [4.78, 5) is 39.9. The van der Waals surface area contributed by atoms with Crippen LogP contribution in [0.15, 0.2) is 23.1 Å². The van der Waals surface area contributed by atoms with E-state index >= 15 is 0 Å². The summed E-state index contributed by atoms with van der Waals surface area (Å²) >= 11 is 12.9. The molecule has 0 N–H and O–H groups in total. The minimum Gasteiger partial charge on any atom is -0.341 e. The lowest BCUT2D eigenvalue weighted by Gasteiger charge is -2.27. The van der Waals surface area contributed by atoms with E-state index in [2.05, 4.69) is 0 Å². The maximum Gasteiger partial charge on any atom is 0.294 e. The average Bonchev–Trinajstić information content (AvgIpc) is 2.87. The molecule has 0 unspecified atom stereocenters. The molecule has 1 aromatic carbocycles. The number of amides is 3. The third-order valence-electron chi connectivity index (χ3n) is 4.14. The summed E-state index contributed by atoms with van der Waals surface area (Å²) in [7, 11) is 0. The van der Waals surface area contributed by atoms with Gasteiger partial charge in [-0.2, -0.15) is 0 Å². The van der Waals surface area contributed by atoms with E-state index in [-0.39, 0.29) is 17.4 Å². The molecule has 0 atom stereocenters. The van der Waals surface area contributed by atoms with Crippen LogP contribution >= 0.6 is 35.0 Å². The van der Waals surface area contributed by atoms with Gasteiger partial charge in [0.25, 0.3) is 11.1 Å². The molecule has 0 spiro atoms. The van der Waals surface area contributed by atoms with E-state index in [1.807, 2.05) is 0 Å². The Hall–Kier alpha value is -1.50. The highest BCUT2D eigenvalue weighted by molar-refractivity contribution is 8.18. The molecule has 25 heavy (non-hydrogen) atoms. The number of halogens is 2. The van der Waals surface area contributed by atoms with Crippen LogP contribution in [0.1, 0.15) is 24.8 Å². The van der Waals surface area contributed by atoms with Gasteiger partial charge in [-0.05, 0) is 48.7 Å². The largest absolute Gasteiger partial charge is 0.341 e. The highest BCUT2D eigenvalue weighted by atomic mass is 35.5. The smallest absolute Gasteiger partial charge is 0.294 e. The van der Waals surface area contributed by atoms with Crippen molar-refractivity contribution in [1.82, 2.24) is 9.80 Å². The molecule has 3 rings (SSSR count). The van der Waals surface area contributed by atoms with E-state index in [0.717, 1.165) is 35.9 Å². The summed E-state index contributed by atoms with van der Waals surface area (Å²) in [5.74, 6) is -0.666. The van der Waals surface area contributed by atoms with Gasteiger partial charge in [0, 0.05) is 13.1 Å². The predicted molar refractivity (Wildman–Crippen MR) is 99.6 cm³/mol. The van der Waals surface area contributed by atoms with Crippen LogP contribution in [0.3, 0.4) is 0 Å². The molecule has 2 fully saturated rings. The third-order valence-corrected chi connectivity index (χ3v) is 5.88. The van der Waals surface area contributed by atoms with E-state index in [0.29, 0.717) is 28.7 Å². The molecule has 1 aromatic rings. The maximum absolute atomic E-state index is 12.5. The minimum atomic E-state index is -0.476. The summed E-state index contributed by atoms with van der Waals surface area (Å²) in [6.07, 6.45) is 4.56. The van der Waals surface area contributed by atoms with Crippen LogP contribution in [0.5, 0.6) is 0 Å². The first-order chi connectivity index (χ1) is 12.0. The Morgan fingerprint density at radius 3 is 2.60 bits per heavy atom. The Labute approximate surface area is 159 Å². The van der Waals surface area contributed by atoms with Crippen LogP contribution in [0, 0.1) is 0 Å². The van der Waals surface area contributed by atoms with Crippen molar-refractivity contribution >= 4 is 58.1 Å². The Balaban J connectivity index is 1.74. The predicted octanol–water partition coefficient (Wildman–Crippen LogP) is 4.04. The van der Waals surface area contributed by atoms with Crippen LogP contribution in [-0.2, 0) is 9.59 Å². The van der Waals surface area contributed by atoms with Gasteiger partial charge >= 0.3 is 0 Å². The second kappa shape index (κ2) is 7.81. The number of imide groups is 1. The number of carbonyl (C=O) groups is 3. The Kier molecular flexibility index (Phi) is 5.71. The first-order valence-electron chi connectivity index (χ1n) is 7.94. The zero-order valence-electron chi connectivity index (χ0n) is 13.3. The molecule has 0 radical (unpaired) electrons. The normalized spacial score (nSPS) is 19.8. The van der Waals surface area contributed by atoms with E-state index in [4.69, 9.17) is 23.2 Å². The van der Waals surface area contributed by atoms with Crippen molar-refractivity contribution in [2.24, 2.45) is 0 Å². The summed E-state index contributed by atoms with van der Waals surface area (Å²) in [5, 5.41) is 0.245. The zero-order valence-corrected chi connectivity index (χ0v) is 15.7. The molecule has 8 heteroatoms. The number of carbonyl (C=O) groups excluding carboxylic acids is 3. The van der Waals surface area contributed by atoms with E-state index in [1.54, 1.807) is 23.1 Å². The van der Waals surface area contributed by atoms with Gasteiger partial charge in [-0.3, -0.25) is 19.3 Å². The molecule has 2 aliphatic rings. The number of benzene rings is 1. The molecule has 2 aliphatic heterocycles. The van der Waals surface area contributed by atoms with Crippen molar-refractivity contribution in [2.45, 2.75) is 19.3 Å². The SMILES string of the molecule is O=C(CN1C(=O)S/C(=C\c2cccc(Cl)c2Cl)C1=O)N1CCCCC1. The molecule has 5 nitrogen and oxygen atoms in total. The van der Waals surface area contributed by atoms with Gasteiger partial charge < -0.3 is 4.90 Å². The fourth-order valence-electron chi connectivity index (χ4n) is 2.79. The van der Waals surface area contributed by atoms with Crippen LogP contribution < -0.4 is 0 Å². The van der Waals surface area contributed by atoms with Gasteiger partial charge in [0.05, 0.1) is 15.0 Å². The highest BCUT2D eigenvalue weighted by Gasteiger charge is 2.37. The maximum atomic E-state index is 12.5. The number of nitrogens with zero attached hydrogens (tertiary/aromatic N) is 2. The van der Waals surface area contributed by atoms with Crippen molar-refractivity contribution in [3.63, 3.8) is 0 Å². The lowest BCUT2D eigenvalue weighted by atomic mass is 10.1. The van der Waals surface area contributed by atoms with E-state index < -0.39 is 11.1 Å². The monoisotopic (exact) mass is 398 g/mol. The lowest BCUT2D eigenvalue weighted by Crippen LogP contribution is -2.44. The lowest BCUT2D eigenvalue weighted by molar-refractivity contribution is -0.136. The first kappa shape index (κ1) is 18.3. The molecule has 0 aliphatic carbocycles. The van der Waals surface area contributed by atoms with Gasteiger partial charge in [-0.15, -0.1) is 0 Å². The van der Waals surface area contributed by atoms with E-state index in [9.17, 15) is 14.4 Å². The Morgan fingerprint density at radius 1 is 1.16 bits per heavy atom. The summed E-state index contributed by atoms with van der Waals surface area (Å²) < 4.78 is 0. The molecule has 0 saturated carbocycles. The minimum absolute atomic E-state index is 0.191. The average molecular weight is 399 g/mol. The van der Waals surface area contributed by atoms with Crippen molar-refractivity contribution in [1.29, 1.82) is 0 Å². The molecule has 3 amide bonds.